The van der Waals surface area contributed by atoms with Crippen molar-refractivity contribution < 1.29 is 9.53 Å². The minimum Gasteiger partial charge on any atom is -0.455 e. The maximum Gasteiger partial charge on any atom is 0.271 e. The number of rotatable bonds is 7. The molecule has 10 heteroatoms. The second-order valence-corrected chi connectivity index (χ2v) is 7.68. The van der Waals surface area contributed by atoms with E-state index in [1.54, 1.807) is 16.8 Å². The number of ether oxygens (including phenoxy) is 1. The quantitative estimate of drug-likeness (QED) is 0.338. The van der Waals surface area contributed by atoms with Crippen LogP contribution in [-0.2, 0) is 4.79 Å². The molecule has 2 aromatic carbocycles. The summed E-state index contributed by atoms with van der Waals surface area (Å²) in [4.78, 5) is 12.5. The van der Waals surface area contributed by atoms with Crippen LogP contribution in [0.4, 0.5) is 5.69 Å². The fraction of sp³-hybridized carbons (Fsp3) is 0.143. The number of nitrogen functional groups attached to an aromatic ring is 1. The number of hydrogen-bond acceptors (Lipinski definition) is 7. The summed E-state index contributed by atoms with van der Waals surface area (Å²) in [6, 6.07) is 18.6. The summed E-state index contributed by atoms with van der Waals surface area (Å²) in [6.45, 7) is 3.80. The van der Waals surface area contributed by atoms with Gasteiger partial charge in [-0.1, -0.05) is 42.1 Å². The van der Waals surface area contributed by atoms with Gasteiger partial charge < -0.3 is 15.9 Å². The number of para-hydroxylation sites is 3. The molecule has 1 amide bonds. The van der Waals surface area contributed by atoms with E-state index in [9.17, 15) is 4.79 Å². The van der Waals surface area contributed by atoms with Crippen molar-refractivity contribution in [2.75, 3.05) is 16.9 Å². The van der Waals surface area contributed by atoms with Crippen LogP contribution in [0.15, 0.2) is 65.8 Å². The van der Waals surface area contributed by atoms with Gasteiger partial charge in [-0.25, -0.2) is 9.36 Å². The smallest absolute Gasteiger partial charge is 0.271 e. The summed E-state index contributed by atoms with van der Waals surface area (Å²) in [7, 11) is 0. The average molecular weight is 436 g/mol. The molecule has 0 fully saturated rings. The number of aromatic nitrogens is 5. The van der Waals surface area contributed by atoms with Gasteiger partial charge in [0.05, 0.1) is 17.1 Å². The highest BCUT2D eigenvalue weighted by atomic mass is 32.2. The SMILES string of the molecule is Cc1cc(C)n(-c2nnc(SCC(=O)Nc3ccccc3Oc3ccccc3)n2N)n1. The number of amides is 1. The Morgan fingerprint density at radius 3 is 2.58 bits per heavy atom. The first kappa shape index (κ1) is 20.5. The minimum absolute atomic E-state index is 0.103. The number of benzene rings is 2. The van der Waals surface area contributed by atoms with Crippen LogP contribution in [0.3, 0.4) is 0 Å². The molecule has 0 saturated carbocycles. The monoisotopic (exact) mass is 435 g/mol. The van der Waals surface area contributed by atoms with E-state index in [1.807, 2.05) is 62.4 Å². The molecule has 4 aromatic rings. The maximum atomic E-state index is 12.5. The molecule has 0 atom stereocenters. The number of nitrogens with zero attached hydrogens (tertiary/aromatic N) is 5. The van der Waals surface area contributed by atoms with Gasteiger partial charge in [-0.15, -0.1) is 10.2 Å². The van der Waals surface area contributed by atoms with Crippen molar-refractivity contribution in [2.24, 2.45) is 0 Å². The number of nitrogens with one attached hydrogen (secondary N) is 1. The van der Waals surface area contributed by atoms with E-state index in [1.165, 1.54) is 16.4 Å². The Hall–Kier alpha value is -3.79. The van der Waals surface area contributed by atoms with Gasteiger partial charge >= 0.3 is 0 Å². The molecule has 9 nitrogen and oxygen atoms in total. The third kappa shape index (κ3) is 4.69. The molecule has 2 aromatic heterocycles. The van der Waals surface area contributed by atoms with Crippen LogP contribution in [0.2, 0.25) is 0 Å². The van der Waals surface area contributed by atoms with Crippen LogP contribution in [0, 0.1) is 13.8 Å². The molecule has 3 N–H and O–H groups in total. The Kier molecular flexibility index (Phi) is 5.89. The van der Waals surface area contributed by atoms with Gasteiger partial charge in [0.25, 0.3) is 5.95 Å². The highest BCUT2D eigenvalue weighted by molar-refractivity contribution is 7.99. The molecule has 0 spiro atoms. The number of hydrogen-bond donors (Lipinski definition) is 2. The van der Waals surface area contributed by atoms with Crippen molar-refractivity contribution in [2.45, 2.75) is 19.0 Å². The van der Waals surface area contributed by atoms with Gasteiger partial charge in [-0.2, -0.15) is 5.10 Å². The molecule has 158 valence electrons. The van der Waals surface area contributed by atoms with Gasteiger partial charge in [0.1, 0.15) is 5.75 Å². The van der Waals surface area contributed by atoms with Crippen molar-refractivity contribution in [1.82, 2.24) is 24.7 Å². The zero-order valence-electron chi connectivity index (χ0n) is 17.0. The summed E-state index contributed by atoms with van der Waals surface area (Å²) in [5.41, 5.74) is 2.32. The average Bonchev–Trinajstić information content (AvgIpc) is 3.29. The number of carbonyl (C=O) groups excluding carboxylic acids is 1. The molecule has 0 unspecified atom stereocenters. The predicted octanol–water partition coefficient (Wildman–Crippen LogP) is 3.32. The van der Waals surface area contributed by atoms with Crippen molar-refractivity contribution in [1.29, 1.82) is 0 Å². The third-order valence-electron chi connectivity index (χ3n) is 4.31. The van der Waals surface area contributed by atoms with Gasteiger partial charge in [0.2, 0.25) is 11.1 Å². The Morgan fingerprint density at radius 1 is 1.10 bits per heavy atom. The second-order valence-electron chi connectivity index (χ2n) is 6.74. The van der Waals surface area contributed by atoms with Crippen LogP contribution < -0.4 is 15.9 Å². The van der Waals surface area contributed by atoms with Crippen molar-refractivity contribution in [3.63, 3.8) is 0 Å². The van der Waals surface area contributed by atoms with E-state index in [2.05, 4.69) is 20.6 Å². The molecule has 2 heterocycles. The number of aryl methyl sites for hydroxylation is 2. The van der Waals surface area contributed by atoms with Crippen LogP contribution >= 0.6 is 11.8 Å². The zero-order chi connectivity index (χ0) is 21.8. The molecule has 0 radical (unpaired) electrons. The van der Waals surface area contributed by atoms with Crippen LogP contribution in [0.5, 0.6) is 11.5 Å². The van der Waals surface area contributed by atoms with E-state index < -0.39 is 0 Å². The van der Waals surface area contributed by atoms with Gasteiger partial charge in [0, 0.05) is 5.69 Å². The fourth-order valence-corrected chi connectivity index (χ4v) is 3.59. The third-order valence-corrected chi connectivity index (χ3v) is 5.25. The van der Waals surface area contributed by atoms with Crippen molar-refractivity contribution in [3.8, 4) is 17.4 Å². The van der Waals surface area contributed by atoms with E-state index in [4.69, 9.17) is 10.6 Å². The Bertz CT molecular complexity index is 1200. The largest absolute Gasteiger partial charge is 0.455 e. The number of carbonyl (C=O) groups is 1. The van der Waals surface area contributed by atoms with Crippen LogP contribution in [-0.4, -0.2) is 36.3 Å². The number of anilines is 1. The second kappa shape index (κ2) is 8.92. The summed E-state index contributed by atoms with van der Waals surface area (Å²) in [6.07, 6.45) is 0. The molecular weight excluding hydrogens is 414 g/mol. The van der Waals surface area contributed by atoms with Gasteiger partial charge in [0.15, 0.2) is 5.75 Å². The number of nitrogens with two attached hydrogens (primary N) is 1. The standard InChI is InChI=1S/C21H21N7O2S/c1-14-12-15(2)28(26-14)20-24-25-21(27(20)22)31-13-19(29)23-17-10-6-7-11-18(17)30-16-8-4-3-5-9-16/h3-12H,13,22H2,1-2H3,(H,23,29). The summed E-state index contributed by atoms with van der Waals surface area (Å²) < 4.78 is 8.82. The summed E-state index contributed by atoms with van der Waals surface area (Å²) in [5, 5.41) is 15.8. The fourth-order valence-electron chi connectivity index (χ4n) is 2.93. The molecule has 31 heavy (non-hydrogen) atoms. The van der Waals surface area contributed by atoms with Crippen LogP contribution in [0.1, 0.15) is 11.4 Å². The Labute approximate surface area is 183 Å². The van der Waals surface area contributed by atoms with Crippen molar-refractivity contribution in [3.05, 3.63) is 72.1 Å². The number of thioether (sulfide) groups is 1. The first-order valence-corrected chi connectivity index (χ1v) is 10.5. The van der Waals surface area contributed by atoms with E-state index in [0.717, 1.165) is 11.4 Å². The maximum absolute atomic E-state index is 12.5. The Morgan fingerprint density at radius 2 is 1.84 bits per heavy atom. The molecule has 0 bridgehead atoms. The lowest BCUT2D eigenvalue weighted by Crippen LogP contribution is -2.19. The van der Waals surface area contributed by atoms with Crippen LogP contribution in [0.25, 0.3) is 5.95 Å². The lowest BCUT2D eigenvalue weighted by atomic mass is 10.3. The molecular formula is C21H21N7O2S. The minimum atomic E-state index is -0.218. The zero-order valence-corrected chi connectivity index (χ0v) is 17.8. The van der Waals surface area contributed by atoms with Crippen molar-refractivity contribution >= 4 is 23.4 Å². The van der Waals surface area contributed by atoms with Gasteiger partial charge in [-0.05, 0) is 44.2 Å². The first-order valence-electron chi connectivity index (χ1n) is 9.50. The summed E-state index contributed by atoms with van der Waals surface area (Å²) in [5.74, 6) is 7.63. The lowest BCUT2D eigenvalue weighted by molar-refractivity contribution is -0.113. The Balaban J connectivity index is 1.41. The molecule has 0 aliphatic carbocycles. The van der Waals surface area contributed by atoms with Gasteiger partial charge in [-0.3, -0.25) is 4.79 Å². The first-order chi connectivity index (χ1) is 15.0. The lowest BCUT2D eigenvalue weighted by Gasteiger charge is -2.12. The molecule has 4 rings (SSSR count). The molecule has 0 aliphatic rings. The molecule has 0 aliphatic heterocycles. The highest BCUT2D eigenvalue weighted by Gasteiger charge is 2.16. The summed E-state index contributed by atoms with van der Waals surface area (Å²) >= 11 is 1.18. The van der Waals surface area contributed by atoms with E-state index >= 15 is 0 Å². The highest BCUT2D eigenvalue weighted by Crippen LogP contribution is 2.29. The normalized spacial score (nSPS) is 10.8. The topological polar surface area (TPSA) is 113 Å². The van der Waals surface area contributed by atoms with E-state index in [0.29, 0.717) is 28.3 Å². The van der Waals surface area contributed by atoms with E-state index in [-0.39, 0.29) is 11.7 Å². The molecule has 0 saturated heterocycles. The predicted molar refractivity (Wildman–Crippen MR) is 119 cm³/mol.